The molecule has 5 heteroatoms. The molecular weight excluding hydrogens is 192 g/mol. The van der Waals surface area contributed by atoms with Crippen LogP contribution in [0.5, 0.6) is 0 Å². The lowest BCUT2D eigenvalue weighted by Crippen LogP contribution is -2.34. The van der Waals surface area contributed by atoms with E-state index in [4.69, 9.17) is 0 Å². The number of aryl methyl sites for hydroxylation is 1. The zero-order valence-corrected chi connectivity index (χ0v) is 9.06. The zero-order chi connectivity index (χ0) is 10.7. The summed E-state index contributed by atoms with van der Waals surface area (Å²) in [6, 6.07) is 0.449. The fourth-order valence-electron chi connectivity index (χ4n) is 2.23. The van der Waals surface area contributed by atoms with Gasteiger partial charge in [0, 0.05) is 26.2 Å². The van der Waals surface area contributed by atoms with Gasteiger partial charge in [0.05, 0.1) is 11.9 Å². The Bertz CT molecular complexity index is 312. The molecule has 2 N–H and O–H groups in total. The molecule has 0 saturated heterocycles. The van der Waals surface area contributed by atoms with E-state index in [1.807, 2.05) is 7.05 Å². The second kappa shape index (κ2) is 4.72. The van der Waals surface area contributed by atoms with Gasteiger partial charge < -0.3 is 10.4 Å². The SMILES string of the molecule is Cn1nncc1CNC1CCCC1CO. The first-order valence-corrected chi connectivity index (χ1v) is 5.49. The van der Waals surface area contributed by atoms with Gasteiger partial charge in [0.25, 0.3) is 0 Å². The van der Waals surface area contributed by atoms with Crippen LogP contribution in [0.4, 0.5) is 0 Å². The van der Waals surface area contributed by atoms with E-state index in [1.54, 1.807) is 10.9 Å². The van der Waals surface area contributed by atoms with Gasteiger partial charge in [0.15, 0.2) is 0 Å². The topological polar surface area (TPSA) is 63.0 Å². The molecule has 1 aromatic rings. The Hall–Kier alpha value is -0.940. The molecule has 5 nitrogen and oxygen atoms in total. The van der Waals surface area contributed by atoms with Gasteiger partial charge in [-0.3, -0.25) is 4.68 Å². The fraction of sp³-hybridized carbons (Fsp3) is 0.800. The van der Waals surface area contributed by atoms with Gasteiger partial charge in [-0.1, -0.05) is 11.6 Å². The Morgan fingerprint density at radius 1 is 1.60 bits per heavy atom. The van der Waals surface area contributed by atoms with E-state index in [-0.39, 0.29) is 0 Å². The number of aliphatic hydroxyl groups is 1. The van der Waals surface area contributed by atoms with Crippen molar-refractivity contribution < 1.29 is 5.11 Å². The van der Waals surface area contributed by atoms with E-state index in [0.717, 1.165) is 25.1 Å². The standard InChI is InChI=1S/C10H18N4O/c1-14-9(6-12-13-14)5-11-10-4-2-3-8(10)7-15/h6,8,10-11,15H,2-5,7H2,1H3. The maximum Gasteiger partial charge on any atom is 0.0738 e. The van der Waals surface area contributed by atoms with Crippen molar-refractivity contribution in [3.05, 3.63) is 11.9 Å². The quantitative estimate of drug-likeness (QED) is 0.738. The second-order valence-corrected chi connectivity index (χ2v) is 4.21. The van der Waals surface area contributed by atoms with Crippen LogP contribution in [-0.4, -0.2) is 32.7 Å². The molecule has 1 aromatic heterocycles. The highest BCUT2D eigenvalue weighted by molar-refractivity contribution is 4.94. The van der Waals surface area contributed by atoms with Crippen molar-refractivity contribution in [2.45, 2.75) is 31.8 Å². The highest BCUT2D eigenvalue weighted by Crippen LogP contribution is 2.25. The predicted molar refractivity (Wildman–Crippen MR) is 56.1 cm³/mol. The van der Waals surface area contributed by atoms with Crippen molar-refractivity contribution >= 4 is 0 Å². The molecule has 0 spiro atoms. The molecule has 1 aliphatic carbocycles. The first-order valence-electron chi connectivity index (χ1n) is 5.49. The highest BCUT2D eigenvalue weighted by Gasteiger charge is 2.25. The summed E-state index contributed by atoms with van der Waals surface area (Å²) < 4.78 is 1.77. The summed E-state index contributed by atoms with van der Waals surface area (Å²) in [5.74, 6) is 0.422. The van der Waals surface area contributed by atoms with Crippen LogP contribution < -0.4 is 5.32 Å². The summed E-state index contributed by atoms with van der Waals surface area (Å²) in [5.41, 5.74) is 1.08. The largest absolute Gasteiger partial charge is 0.396 e. The molecule has 1 fully saturated rings. The van der Waals surface area contributed by atoms with E-state index >= 15 is 0 Å². The van der Waals surface area contributed by atoms with Gasteiger partial charge in [0.1, 0.15) is 0 Å². The summed E-state index contributed by atoms with van der Waals surface area (Å²) in [6.45, 7) is 1.08. The summed E-state index contributed by atoms with van der Waals surface area (Å²) in [7, 11) is 1.89. The van der Waals surface area contributed by atoms with Crippen molar-refractivity contribution in [2.24, 2.45) is 13.0 Å². The Balaban J connectivity index is 1.85. The number of rotatable bonds is 4. The highest BCUT2D eigenvalue weighted by atomic mass is 16.3. The third-order valence-electron chi connectivity index (χ3n) is 3.25. The molecule has 1 aliphatic rings. The van der Waals surface area contributed by atoms with Gasteiger partial charge >= 0.3 is 0 Å². The third-order valence-corrected chi connectivity index (χ3v) is 3.25. The fourth-order valence-corrected chi connectivity index (χ4v) is 2.23. The van der Waals surface area contributed by atoms with Gasteiger partial charge in [0.2, 0.25) is 0 Å². The molecule has 0 radical (unpaired) electrons. The molecular formula is C10H18N4O. The minimum atomic E-state index is 0.293. The summed E-state index contributed by atoms with van der Waals surface area (Å²) in [4.78, 5) is 0. The Morgan fingerprint density at radius 3 is 3.13 bits per heavy atom. The van der Waals surface area contributed by atoms with E-state index in [1.165, 1.54) is 6.42 Å². The minimum absolute atomic E-state index is 0.293. The van der Waals surface area contributed by atoms with Crippen LogP contribution in [0.3, 0.4) is 0 Å². The van der Waals surface area contributed by atoms with E-state index in [0.29, 0.717) is 18.6 Å². The molecule has 0 aromatic carbocycles. The zero-order valence-electron chi connectivity index (χ0n) is 9.06. The van der Waals surface area contributed by atoms with Crippen LogP contribution in [0.15, 0.2) is 6.20 Å². The molecule has 0 aliphatic heterocycles. The van der Waals surface area contributed by atoms with Gasteiger partial charge in [-0.25, -0.2) is 0 Å². The number of hydrogen-bond acceptors (Lipinski definition) is 4. The Labute approximate surface area is 89.5 Å². The number of aromatic nitrogens is 3. The van der Waals surface area contributed by atoms with Crippen molar-refractivity contribution in [1.29, 1.82) is 0 Å². The normalized spacial score (nSPS) is 26.0. The van der Waals surface area contributed by atoms with Crippen LogP contribution in [0.1, 0.15) is 25.0 Å². The van der Waals surface area contributed by atoms with Crippen molar-refractivity contribution in [3.63, 3.8) is 0 Å². The molecule has 2 rings (SSSR count). The summed E-state index contributed by atoms with van der Waals surface area (Å²) in [6.07, 6.45) is 5.29. The first-order chi connectivity index (χ1) is 7.31. The minimum Gasteiger partial charge on any atom is -0.396 e. The molecule has 1 heterocycles. The number of nitrogens with zero attached hydrogens (tertiary/aromatic N) is 3. The predicted octanol–water partition coefficient (Wildman–Crippen LogP) is 0.0657. The number of aliphatic hydroxyl groups excluding tert-OH is 1. The number of hydrogen-bond donors (Lipinski definition) is 2. The first kappa shape index (κ1) is 10.6. The van der Waals surface area contributed by atoms with Crippen molar-refractivity contribution in [1.82, 2.24) is 20.3 Å². The lowest BCUT2D eigenvalue weighted by molar-refractivity contribution is 0.204. The van der Waals surface area contributed by atoms with Crippen LogP contribution >= 0.6 is 0 Å². The molecule has 84 valence electrons. The smallest absolute Gasteiger partial charge is 0.0738 e. The lowest BCUT2D eigenvalue weighted by atomic mass is 10.1. The van der Waals surface area contributed by atoms with Crippen LogP contribution in [0.25, 0.3) is 0 Å². The second-order valence-electron chi connectivity index (χ2n) is 4.21. The lowest BCUT2D eigenvalue weighted by Gasteiger charge is -2.18. The Morgan fingerprint density at radius 2 is 2.47 bits per heavy atom. The maximum absolute atomic E-state index is 9.18. The van der Waals surface area contributed by atoms with E-state index in [9.17, 15) is 5.11 Å². The average molecular weight is 210 g/mol. The third kappa shape index (κ3) is 2.35. The molecule has 15 heavy (non-hydrogen) atoms. The summed E-state index contributed by atoms with van der Waals surface area (Å²) in [5, 5.41) is 20.4. The molecule has 2 unspecified atom stereocenters. The maximum atomic E-state index is 9.18. The van der Waals surface area contributed by atoms with Crippen LogP contribution in [0.2, 0.25) is 0 Å². The molecule has 0 bridgehead atoms. The monoisotopic (exact) mass is 210 g/mol. The average Bonchev–Trinajstić information content (AvgIpc) is 2.83. The van der Waals surface area contributed by atoms with Gasteiger partial charge in [-0.2, -0.15) is 0 Å². The number of nitrogens with one attached hydrogen (secondary N) is 1. The Kier molecular flexibility index (Phi) is 3.33. The summed E-state index contributed by atoms with van der Waals surface area (Å²) >= 11 is 0. The molecule has 2 atom stereocenters. The van der Waals surface area contributed by atoms with Crippen LogP contribution in [0, 0.1) is 5.92 Å². The van der Waals surface area contributed by atoms with Crippen LogP contribution in [-0.2, 0) is 13.6 Å². The van der Waals surface area contributed by atoms with E-state index in [2.05, 4.69) is 15.6 Å². The van der Waals surface area contributed by atoms with E-state index < -0.39 is 0 Å². The molecule has 1 saturated carbocycles. The molecule has 0 amide bonds. The van der Waals surface area contributed by atoms with Gasteiger partial charge in [-0.05, 0) is 18.8 Å². The van der Waals surface area contributed by atoms with Gasteiger partial charge in [-0.15, -0.1) is 5.10 Å². The van der Waals surface area contributed by atoms with Crippen molar-refractivity contribution in [3.8, 4) is 0 Å². The van der Waals surface area contributed by atoms with Crippen molar-refractivity contribution in [2.75, 3.05) is 6.61 Å².